The molecule has 7 heteroatoms. The van der Waals surface area contributed by atoms with Crippen molar-refractivity contribution in [2.24, 2.45) is 0 Å². The highest BCUT2D eigenvalue weighted by molar-refractivity contribution is 7.99. The third kappa shape index (κ3) is 3.04. The maximum atomic E-state index is 12.7. The first-order valence-corrected chi connectivity index (χ1v) is 9.34. The number of imidazole rings is 1. The van der Waals surface area contributed by atoms with Gasteiger partial charge in [-0.3, -0.25) is 9.36 Å². The van der Waals surface area contributed by atoms with Gasteiger partial charge < -0.3 is 9.09 Å². The lowest BCUT2D eigenvalue weighted by Gasteiger charge is -2.06. The first kappa shape index (κ1) is 16.2. The molecule has 0 amide bonds. The van der Waals surface area contributed by atoms with Crippen molar-refractivity contribution in [1.29, 1.82) is 0 Å². The van der Waals surface area contributed by atoms with Crippen LogP contribution < -0.4 is 0 Å². The standard InChI is InChI=1S/C18H20N4O2S/c1-11-8-15(13(3)22(11)17-9-12(2)24-20-17)16(23)10-25-18-19-6-7-21(18)14-4-5-14/h6-9,14H,4-5,10H2,1-3H3. The molecule has 6 nitrogen and oxygen atoms in total. The Labute approximate surface area is 150 Å². The quantitative estimate of drug-likeness (QED) is 0.495. The fourth-order valence-electron chi connectivity index (χ4n) is 3.11. The molecular formula is C18H20N4O2S. The highest BCUT2D eigenvalue weighted by Gasteiger charge is 2.26. The van der Waals surface area contributed by atoms with Gasteiger partial charge in [-0.05, 0) is 39.7 Å². The molecule has 4 rings (SSSR count). The molecule has 0 aliphatic heterocycles. The van der Waals surface area contributed by atoms with Crippen LogP contribution in [0.25, 0.3) is 5.82 Å². The average molecular weight is 356 g/mol. The summed E-state index contributed by atoms with van der Waals surface area (Å²) in [6, 6.07) is 4.37. The lowest BCUT2D eigenvalue weighted by Crippen LogP contribution is -2.06. The van der Waals surface area contributed by atoms with Crippen LogP contribution in [0, 0.1) is 20.8 Å². The smallest absolute Gasteiger partial charge is 0.180 e. The number of hydrogen-bond donors (Lipinski definition) is 0. The monoisotopic (exact) mass is 356 g/mol. The first-order valence-electron chi connectivity index (χ1n) is 8.36. The topological polar surface area (TPSA) is 65.8 Å². The van der Waals surface area contributed by atoms with Crippen LogP contribution in [0.4, 0.5) is 0 Å². The molecule has 0 radical (unpaired) electrons. The highest BCUT2D eigenvalue weighted by Crippen LogP contribution is 2.37. The fourth-order valence-corrected chi connectivity index (χ4v) is 4.02. The van der Waals surface area contributed by atoms with E-state index < -0.39 is 0 Å². The highest BCUT2D eigenvalue weighted by atomic mass is 32.2. The molecule has 1 aliphatic rings. The lowest BCUT2D eigenvalue weighted by molar-refractivity contribution is 0.102. The zero-order chi connectivity index (χ0) is 17.6. The Morgan fingerprint density at radius 3 is 2.80 bits per heavy atom. The predicted octanol–water partition coefficient (Wildman–Crippen LogP) is 3.90. The second-order valence-corrected chi connectivity index (χ2v) is 7.42. The number of Topliss-reactive ketones (excluding diaryl/α,β-unsaturated/α-hetero) is 1. The van der Waals surface area contributed by atoms with Crippen LogP contribution in [0.15, 0.2) is 34.2 Å². The van der Waals surface area contributed by atoms with Gasteiger partial charge in [-0.25, -0.2) is 4.98 Å². The number of aromatic nitrogens is 4. The van der Waals surface area contributed by atoms with Gasteiger partial charge in [0.1, 0.15) is 5.76 Å². The Bertz CT molecular complexity index is 933. The molecule has 0 N–H and O–H groups in total. The summed E-state index contributed by atoms with van der Waals surface area (Å²) in [7, 11) is 0. The summed E-state index contributed by atoms with van der Waals surface area (Å²) < 4.78 is 9.30. The van der Waals surface area contributed by atoms with Crippen molar-refractivity contribution in [2.45, 2.75) is 44.8 Å². The Hall–Kier alpha value is -2.28. The lowest BCUT2D eigenvalue weighted by atomic mass is 10.2. The van der Waals surface area contributed by atoms with E-state index in [4.69, 9.17) is 4.52 Å². The molecule has 3 aromatic rings. The third-order valence-electron chi connectivity index (χ3n) is 4.48. The maximum Gasteiger partial charge on any atom is 0.180 e. The number of carbonyl (C=O) groups is 1. The number of carbonyl (C=O) groups excluding carboxylic acids is 1. The molecule has 3 aromatic heterocycles. The minimum Gasteiger partial charge on any atom is -0.360 e. The van der Waals surface area contributed by atoms with Crippen molar-refractivity contribution >= 4 is 17.5 Å². The van der Waals surface area contributed by atoms with Crippen molar-refractivity contribution < 1.29 is 9.32 Å². The van der Waals surface area contributed by atoms with Gasteiger partial charge in [0, 0.05) is 41.5 Å². The largest absolute Gasteiger partial charge is 0.360 e. The second kappa shape index (κ2) is 6.22. The van der Waals surface area contributed by atoms with Gasteiger partial charge in [-0.2, -0.15) is 0 Å². The SMILES string of the molecule is Cc1cc(-n2c(C)cc(C(=O)CSc3nccn3C3CC3)c2C)no1. The Morgan fingerprint density at radius 1 is 1.32 bits per heavy atom. The number of aryl methyl sites for hydroxylation is 2. The molecule has 0 saturated heterocycles. The van der Waals surface area contributed by atoms with E-state index in [1.54, 1.807) is 0 Å². The minimum atomic E-state index is 0.106. The van der Waals surface area contributed by atoms with Crippen LogP contribution in [-0.4, -0.2) is 30.8 Å². The van der Waals surface area contributed by atoms with Gasteiger partial charge in [0.15, 0.2) is 16.8 Å². The van der Waals surface area contributed by atoms with Crippen molar-refractivity contribution in [3.8, 4) is 5.82 Å². The number of ketones is 1. The van der Waals surface area contributed by atoms with Crippen molar-refractivity contribution in [3.05, 3.63) is 47.2 Å². The molecule has 0 bridgehead atoms. The van der Waals surface area contributed by atoms with Crippen LogP contribution in [0.1, 0.15) is 46.4 Å². The molecule has 1 saturated carbocycles. The first-order chi connectivity index (χ1) is 12.0. The summed E-state index contributed by atoms with van der Waals surface area (Å²) in [5.74, 6) is 1.95. The predicted molar refractivity (Wildman–Crippen MR) is 95.6 cm³/mol. The van der Waals surface area contributed by atoms with Gasteiger partial charge >= 0.3 is 0 Å². The Morgan fingerprint density at radius 2 is 2.12 bits per heavy atom. The van der Waals surface area contributed by atoms with Crippen molar-refractivity contribution in [1.82, 2.24) is 19.3 Å². The van der Waals surface area contributed by atoms with Gasteiger partial charge in [0.05, 0.1) is 5.75 Å². The van der Waals surface area contributed by atoms with Gasteiger partial charge in [-0.1, -0.05) is 16.9 Å². The summed E-state index contributed by atoms with van der Waals surface area (Å²) >= 11 is 1.51. The summed E-state index contributed by atoms with van der Waals surface area (Å²) in [4.78, 5) is 17.1. The molecular weight excluding hydrogens is 336 g/mol. The van der Waals surface area contributed by atoms with E-state index in [0.29, 0.717) is 17.6 Å². The van der Waals surface area contributed by atoms with E-state index in [1.807, 2.05) is 49.9 Å². The zero-order valence-corrected chi connectivity index (χ0v) is 15.3. The van der Waals surface area contributed by atoms with Crippen LogP contribution >= 0.6 is 11.8 Å². The van der Waals surface area contributed by atoms with Crippen LogP contribution in [0.5, 0.6) is 0 Å². The summed E-state index contributed by atoms with van der Waals surface area (Å²) in [6.45, 7) is 5.77. The molecule has 0 spiro atoms. The average Bonchev–Trinajstić information content (AvgIpc) is 3.03. The van der Waals surface area contributed by atoms with E-state index in [0.717, 1.165) is 27.9 Å². The summed E-state index contributed by atoms with van der Waals surface area (Å²) in [5.41, 5.74) is 2.59. The molecule has 0 unspecified atom stereocenters. The van der Waals surface area contributed by atoms with Gasteiger partial charge in [0.2, 0.25) is 0 Å². The number of hydrogen-bond acceptors (Lipinski definition) is 5. The summed E-state index contributed by atoms with van der Waals surface area (Å²) in [5, 5.41) is 4.99. The molecule has 0 atom stereocenters. The van der Waals surface area contributed by atoms with E-state index >= 15 is 0 Å². The van der Waals surface area contributed by atoms with E-state index in [2.05, 4.69) is 14.7 Å². The Kier molecular flexibility index (Phi) is 4.03. The second-order valence-electron chi connectivity index (χ2n) is 6.48. The molecule has 130 valence electrons. The zero-order valence-electron chi connectivity index (χ0n) is 14.5. The number of rotatable bonds is 6. The molecule has 0 aromatic carbocycles. The van der Waals surface area contributed by atoms with Crippen molar-refractivity contribution in [3.63, 3.8) is 0 Å². The molecule has 3 heterocycles. The molecule has 25 heavy (non-hydrogen) atoms. The van der Waals surface area contributed by atoms with Crippen LogP contribution in [0.2, 0.25) is 0 Å². The van der Waals surface area contributed by atoms with Crippen LogP contribution in [0.3, 0.4) is 0 Å². The normalized spacial score (nSPS) is 14.2. The van der Waals surface area contributed by atoms with Gasteiger partial charge in [-0.15, -0.1) is 0 Å². The molecule has 1 aliphatic carbocycles. The molecule has 1 fully saturated rings. The van der Waals surface area contributed by atoms with Crippen LogP contribution in [-0.2, 0) is 0 Å². The van der Waals surface area contributed by atoms with E-state index in [1.165, 1.54) is 24.6 Å². The Balaban J connectivity index is 1.53. The minimum absolute atomic E-state index is 0.106. The maximum absolute atomic E-state index is 12.7. The third-order valence-corrected chi connectivity index (χ3v) is 5.46. The van der Waals surface area contributed by atoms with E-state index in [9.17, 15) is 4.79 Å². The van der Waals surface area contributed by atoms with E-state index in [-0.39, 0.29) is 5.78 Å². The van der Waals surface area contributed by atoms with Gasteiger partial charge in [0.25, 0.3) is 0 Å². The number of nitrogens with zero attached hydrogens (tertiary/aromatic N) is 4. The fraction of sp³-hybridized carbons (Fsp3) is 0.389. The van der Waals surface area contributed by atoms with Crippen molar-refractivity contribution in [2.75, 3.05) is 5.75 Å². The summed E-state index contributed by atoms with van der Waals surface area (Å²) in [6.07, 6.45) is 6.22. The number of thioether (sulfide) groups is 1.